The van der Waals surface area contributed by atoms with Crippen LogP contribution in [0.5, 0.6) is 0 Å². The molecule has 1 aromatic rings. The van der Waals surface area contributed by atoms with E-state index < -0.39 is 0 Å². The number of nitrogens with two attached hydrogens (primary N) is 1. The topological polar surface area (TPSA) is 66.6 Å². The molecule has 2 saturated heterocycles. The number of amides is 2. The Morgan fingerprint density at radius 2 is 2.00 bits per heavy atom. The maximum absolute atomic E-state index is 12.9. The number of benzene rings is 1. The van der Waals surface area contributed by atoms with Crippen molar-refractivity contribution in [1.82, 2.24) is 9.80 Å². The monoisotopic (exact) mass is 333 g/mol. The Bertz CT molecular complexity index is 580. The first-order valence-corrected chi connectivity index (χ1v) is 9.21. The van der Waals surface area contributed by atoms with Crippen molar-refractivity contribution in [2.24, 2.45) is 11.7 Å². The summed E-state index contributed by atoms with van der Waals surface area (Å²) in [6.07, 6.45) is 0.953. The van der Waals surface area contributed by atoms with E-state index in [0.717, 1.165) is 6.42 Å². The molecule has 0 aliphatic carbocycles. The summed E-state index contributed by atoms with van der Waals surface area (Å²) in [7, 11) is 0. The van der Waals surface area contributed by atoms with Crippen LogP contribution in [0.1, 0.15) is 23.7 Å². The fraction of sp³-hybridized carbons (Fsp3) is 0.529. The van der Waals surface area contributed by atoms with Crippen molar-refractivity contribution in [3.8, 4) is 0 Å². The first kappa shape index (κ1) is 16.3. The molecule has 0 radical (unpaired) electrons. The lowest BCUT2D eigenvalue weighted by molar-refractivity contribution is -0.135. The quantitative estimate of drug-likeness (QED) is 0.908. The zero-order chi connectivity index (χ0) is 16.4. The molecular weight excluding hydrogens is 310 g/mol. The summed E-state index contributed by atoms with van der Waals surface area (Å²) in [5.41, 5.74) is 6.40. The zero-order valence-electron chi connectivity index (χ0n) is 13.4. The van der Waals surface area contributed by atoms with Gasteiger partial charge in [0.1, 0.15) is 6.04 Å². The highest BCUT2D eigenvalue weighted by Crippen LogP contribution is 2.29. The van der Waals surface area contributed by atoms with Crippen LogP contribution in [0.15, 0.2) is 30.3 Å². The van der Waals surface area contributed by atoms with E-state index in [-0.39, 0.29) is 23.9 Å². The van der Waals surface area contributed by atoms with Crippen LogP contribution in [0.4, 0.5) is 0 Å². The number of hydrogen-bond donors (Lipinski definition) is 1. The first-order chi connectivity index (χ1) is 11.1. The van der Waals surface area contributed by atoms with Crippen LogP contribution in [0.25, 0.3) is 0 Å². The van der Waals surface area contributed by atoms with Gasteiger partial charge in [0.25, 0.3) is 5.91 Å². The average molecular weight is 333 g/mol. The molecule has 0 bridgehead atoms. The minimum atomic E-state index is -0.355. The highest BCUT2D eigenvalue weighted by Gasteiger charge is 2.41. The van der Waals surface area contributed by atoms with Crippen molar-refractivity contribution in [3.05, 3.63) is 35.9 Å². The summed E-state index contributed by atoms with van der Waals surface area (Å²) in [6, 6.07) is 9.04. The van der Waals surface area contributed by atoms with Crippen LogP contribution in [0.2, 0.25) is 0 Å². The van der Waals surface area contributed by atoms with Gasteiger partial charge in [-0.1, -0.05) is 18.2 Å². The molecule has 3 unspecified atom stereocenters. The van der Waals surface area contributed by atoms with Crippen LogP contribution >= 0.6 is 11.8 Å². The Morgan fingerprint density at radius 1 is 1.26 bits per heavy atom. The molecule has 5 nitrogen and oxygen atoms in total. The molecule has 3 atom stereocenters. The molecule has 3 rings (SSSR count). The summed E-state index contributed by atoms with van der Waals surface area (Å²) in [4.78, 5) is 29.3. The van der Waals surface area contributed by atoms with Gasteiger partial charge in [-0.2, -0.15) is 0 Å². The number of hydrogen-bond acceptors (Lipinski definition) is 4. The molecule has 2 amide bonds. The van der Waals surface area contributed by atoms with Crippen molar-refractivity contribution in [2.75, 3.05) is 24.7 Å². The second-order valence-electron chi connectivity index (χ2n) is 6.33. The van der Waals surface area contributed by atoms with Crippen molar-refractivity contribution < 1.29 is 9.59 Å². The van der Waals surface area contributed by atoms with Crippen LogP contribution in [-0.2, 0) is 4.79 Å². The van der Waals surface area contributed by atoms with Gasteiger partial charge in [0.15, 0.2) is 0 Å². The summed E-state index contributed by atoms with van der Waals surface area (Å²) < 4.78 is 0. The number of likely N-dealkylation sites (tertiary alicyclic amines) is 1. The van der Waals surface area contributed by atoms with Gasteiger partial charge in [-0.25, -0.2) is 0 Å². The molecule has 2 heterocycles. The van der Waals surface area contributed by atoms with E-state index in [1.807, 2.05) is 23.1 Å². The maximum atomic E-state index is 12.9. The van der Waals surface area contributed by atoms with Gasteiger partial charge >= 0.3 is 0 Å². The molecule has 6 heteroatoms. The highest BCUT2D eigenvalue weighted by atomic mass is 32.2. The summed E-state index contributed by atoms with van der Waals surface area (Å²) in [5.74, 6) is 1.64. The van der Waals surface area contributed by atoms with E-state index in [2.05, 4.69) is 6.92 Å². The van der Waals surface area contributed by atoms with Gasteiger partial charge in [-0.05, 0) is 37.9 Å². The Morgan fingerprint density at radius 3 is 2.65 bits per heavy atom. The number of rotatable bonds is 3. The normalized spacial score (nSPS) is 27.5. The first-order valence-electron chi connectivity index (χ1n) is 8.06. The second kappa shape index (κ2) is 6.93. The smallest absolute Gasteiger partial charge is 0.255 e. The number of nitrogens with zero attached hydrogens (tertiary/aromatic N) is 2. The summed E-state index contributed by atoms with van der Waals surface area (Å²) in [6.45, 7) is 3.39. The molecule has 2 fully saturated rings. The summed E-state index contributed by atoms with van der Waals surface area (Å²) >= 11 is 1.64. The molecule has 1 aromatic carbocycles. The van der Waals surface area contributed by atoms with E-state index in [0.29, 0.717) is 36.2 Å². The SMILES string of the molecule is CC1CC(CN)CN1C(=O)C1CSCN1C(=O)c1ccccc1. The molecule has 0 saturated carbocycles. The zero-order valence-corrected chi connectivity index (χ0v) is 14.2. The van der Waals surface area contributed by atoms with E-state index >= 15 is 0 Å². The predicted molar refractivity (Wildman–Crippen MR) is 92.1 cm³/mol. The number of carbonyl (C=O) groups is 2. The highest BCUT2D eigenvalue weighted by molar-refractivity contribution is 7.99. The van der Waals surface area contributed by atoms with E-state index in [1.165, 1.54) is 0 Å². The van der Waals surface area contributed by atoms with Gasteiger partial charge in [0.2, 0.25) is 5.91 Å². The standard InChI is InChI=1S/C17H23N3O2S/c1-12-7-13(8-18)9-19(12)17(22)15-10-23-11-20(15)16(21)14-5-3-2-4-6-14/h2-6,12-13,15H,7-11,18H2,1H3. The molecule has 0 aromatic heterocycles. The largest absolute Gasteiger partial charge is 0.338 e. The third-order valence-corrected chi connectivity index (χ3v) is 5.74. The minimum Gasteiger partial charge on any atom is -0.338 e. The third kappa shape index (κ3) is 3.23. The van der Waals surface area contributed by atoms with Crippen molar-refractivity contribution in [3.63, 3.8) is 0 Å². The molecule has 0 spiro atoms. The fourth-order valence-corrected chi connectivity index (χ4v) is 4.55. The van der Waals surface area contributed by atoms with Gasteiger partial charge in [0, 0.05) is 23.9 Å². The Balaban J connectivity index is 1.74. The van der Waals surface area contributed by atoms with E-state index in [9.17, 15) is 9.59 Å². The second-order valence-corrected chi connectivity index (χ2v) is 7.33. The van der Waals surface area contributed by atoms with Crippen molar-refractivity contribution >= 4 is 23.6 Å². The van der Waals surface area contributed by atoms with Gasteiger partial charge in [-0.15, -0.1) is 11.8 Å². The van der Waals surface area contributed by atoms with E-state index in [1.54, 1.807) is 28.8 Å². The van der Waals surface area contributed by atoms with Crippen molar-refractivity contribution in [1.29, 1.82) is 0 Å². The van der Waals surface area contributed by atoms with Crippen LogP contribution in [0, 0.1) is 5.92 Å². The van der Waals surface area contributed by atoms with Gasteiger partial charge in [0.05, 0.1) is 5.88 Å². The maximum Gasteiger partial charge on any atom is 0.255 e. The summed E-state index contributed by atoms with van der Waals surface area (Å²) in [5, 5.41) is 0. The number of thioether (sulfide) groups is 1. The molecular formula is C17H23N3O2S. The lowest BCUT2D eigenvalue weighted by Crippen LogP contribution is -2.50. The van der Waals surface area contributed by atoms with Crippen LogP contribution < -0.4 is 5.73 Å². The fourth-order valence-electron chi connectivity index (χ4n) is 3.41. The van der Waals surface area contributed by atoms with Crippen LogP contribution in [0.3, 0.4) is 0 Å². The van der Waals surface area contributed by atoms with Gasteiger partial charge in [-0.3, -0.25) is 9.59 Å². The Labute approximate surface area is 141 Å². The third-order valence-electron chi connectivity index (χ3n) is 4.73. The molecule has 23 heavy (non-hydrogen) atoms. The molecule has 124 valence electrons. The Kier molecular flexibility index (Phi) is 4.92. The van der Waals surface area contributed by atoms with Gasteiger partial charge < -0.3 is 15.5 Å². The lowest BCUT2D eigenvalue weighted by Gasteiger charge is -2.29. The van der Waals surface area contributed by atoms with Crippen LogP contribution in [-0.4, -0.2) is 58.4 Å². The Hall–Kier alpha value is -1.53. The van der Waals surface area contributed by atoms with E-state index in [4.69, 9.17) is 5.73 Å². The predicted octanol–water partition coefficient (Wildman–Crippen LogP) is 1.40. The molecule has 2 N–H and O–H groups in total. The lowest BCUT2D eigenvalue weighted by atomic mass is 10.1. The average Bonchev–Trinajstić information content (AvgIpc) is 3.21. The van der Waals surface area contributed by atoms with Crippen molar-refractivity contribution in [2.45, 2.75) is 25.4 Å². The molecule has 2 aliphatic heterocycles. The molecule has 2 aliphatic rings. The number of carbonyl (C=O) groups excluding carboxylic acids is 2. The minimum absolute atomic E-state index is 0.0591.